The zero-order valence-electron chi connectivity index (χ0n) is 16.1. The molecule has 7 rings (SSSR count). The number of nitrogens with zero attached hydrogens (tertiary/aromatic N) is 1. The molecule has 4 aliphatic rings. The van der Waals surface area contributed by atoms with Gasteiger partial charge in [-0.1, -0.05) is 98.6 Å². The van der Waals surface area contributed by atoms with Crippen LogP contribution in [0.3, 0.4) is 0 Å². The molecule has 1 heterocycles. The largest absolute Gasteiger partial charge is 0.274 e. The van der Waals surface area contributed by atoms with E-state index >= 15 is 0 Å². The molecule has 148 valence electrons. The summed E-state index contributed by atoms with van der Waals surface area (Å²) in [6, 6.07) is 23.8. The second kappa shape index (κ2) is 5.92. The number of carbonyl (C=O) groups excluding carboxylic acids is 2. The SMILES string of the molecule is Cc1ccccc1N1C(=O)[C@H]2[C@H](C1=O)C1(Br)c3ccccc3C2(Br)c2ccccc21. The van der Waals surface area contributed by atoms with Gasteiger partial charge in [-0.3, -0.25) is 9.59 Å². The predicted octanol–water partition coefficient (Wildman–Crippen LogP) is 5.40. The molecule has 3 nitrogen and oxygen atoms in total. The monoisotopic (exact) mass is 521 g/mol. The fourth-order valence-corrected chi connectivity index (χ4v) is 8.02. The van der Waals surface area contributed by atoms with Crippen LogP contribution in [-0.4, -0.2) is 11.8 Å². The normalized spacial score (nSPS) is 30.8. The molecule has 0 aromatic heterocycles. The van der Waals surface area contributed by atoms with Gasteiger partial charge in [-0.05, 0) is 40.8 Å². The van der Waals surface area contributed by atoms with E-state index in [0.29, 0.717) is 5.69 Å². The molecule has 3 aromatic carbocycles. The summed E-state index contributed by atoms with van der Waals surface area (Å²) in [6.07, 6.45) is 0. The number of carbonyl (C=O) groups is 2. The Hall–Kier alpha value is -2.24. The zero-order valence-corrected chi connectivity index (χ0v) is 19.3. The van der Waals surface area contributed by atoms with E-state index in [9.17, 15) is 9.59 Å². The first kappa shape index (κ1) is 18.5. The Labute approximate surface area is 191 Å². The van der Waals surface area contributed by atoms with Crippen molar-refractivity contribution in [1.29, 1.82) is 0 Å². The number of rotatable bonds is 1. The van der Waals surface area contributed by atoms with Crippen molar-refractivity contribution in [2.24, 2.45) is 11.8 Å². The molecule has 0 spiro atoms. The van der Waals surface area contributed by atoms with Crippen molar-refractivity contribution in [3.63, 3.8) is 0 Å². The molecule has 3 aliphatic carbocycles. The number of anilines is 1. The summed E-state index contributed by atoms with van der Waals surface area (Å²) in [5, 5.41) is 0. The number of para-hydroxylation sites is 1. The van der Waals surface area contributed by atoms with Crippen LogP contribution in [0.5, 0.6) is 0 Å². The van der Waals surface area contributed by atoms with Gasteiger partial charge in [0.05, 0.1) is 26.2 Å². The molecular formula is C25H17Br2NO2. The van der Waals surface area contributed by atoms with Crippen molar-refractivity contribution < 1.29 is 9.59 Å². The van der Waals surface area contributed by atoms with Crippen molar-refractivity contribution in [1.82, 2.24) is 0 Å². The summed E-state index contributed by atoms with van der Waals surface area (Å²) in [6.45, 7) is 1.93. The van der Waals surface area contributed by atoms with Crippen molar-refractivity contribution in [2.75, 3.05) is 4.90 Å². The van der Waals surface area contributed by atoms with Gasteiger partial charge in [0, 0.05) is 0 Å². The van der Waals surface area contributed by atoms with E-state index in [2.05, 4.69) is 56.1 Å². The van der Waals surface area contributed by atoms with Crippen LogP contribution in [0.4, 0.5) is 5.69 Å². The van der Waals surface area contributed by atoms with Crippen LogP contribution in [0.1, 0.15) is 27.8 Å². The van der Waals surface area contributed by atoms with Crippen molar-refractivity contribution in [3.05, 3.63) is 101 Å². The van der Waals surface area contributed by atoms with Gasteiger partial charge in [-0.15, -0.1) is 0 Å². The maximum absolute atomic E-state index is 13.9. The number of hydrogen-bond donors (Lipinski definition) is 0. The quantitative estimate of drug-likeness (QED) is 0.317. The summed E-state index contributed by atoms with van der Waals surface area (Å²) in [5.41, 5.74) is 5.78. The highest BCUT2D eigenvalue weighted by atomic mass is 79.9. The minimum atomic E-state index is -0.745. The highest BCUT2D eigenvalue weighted by Gasteiger charge is 2.72. The third-order valence-corrected chi connectivity index (χ3v) is 9.64. The topological polar surface area (TPSA) is 37.4 Å². The molecule has 0 N–H and O–H groups in total. The molecular weight excluding hydrogens is 506 g/mol. The van der Waals surface area contributed by atoms with Crippen LogP contribution < -0.4 is 4.90 Å². The minimum absolute atomic E-state index is 0.149. The number of hydrogen-bond acceptors (Lipinski definition) is 2. The summed E-state index contributed by atoms with van der Waals surface area (Å²) in [7, 11) is 0. The number of alkyl halides is 2. The Bertz CT molecular complexity index is 1150. The lowest BCUT2D eigenvalue weighted by Gasteiger charge is -2.55. The van der Waals surface area contributed by atoms with Crippen LogP contribution in [0.25, 0.3) is 0 Å². The van der Waals surface area contributed by atoms with Gasteiger partial charge >= 0.3 is 0 Å². The molecule has 0 unspecified atom stereocenters. The first-order valence-corrected chi connectivity index (χ1v) is 11.5. The molecule has 1 saturated heterocycles. The Morgan fingerprint density at radius 2 is 1.03 bits per heavy atom. The number of halogens is 2. The van der Waals surface area contributed by atoms with Gasteiger partial charge in [-0.25, -0.2) is 4.90 Å². The van der Waals surface area contributed by atoms with Crippen molar-refractivity contribution in [3.8, 4) is 0 Å². The van der Waals surface area contributed by atoms with E-state index in [-0.39, 0.29) is 11.8 Å². The lowest BCUT2D eigenvalue weighted by Crippen LogP contribution is -2.56. The first-order valence-electron chi connectivity index (χ1n) is 9.93. The summed E-state index contributed by atoms with van der Waals surface area (Å²) >= 11 is 8.05. The van der Waals surface area contributed by atoms with Crippen LogP contribution in [0, 0.1) is 18.8 Å². The molecule has 2 bridgehead atoms. The molecule has 0 saturated carbocycles. The lowest BCUT2D eigenvalue weighted by molar-refractivity contribution is -0.122. The van der Waals surface area contributed by atoms with Gasteiger partial charge in [-0.2, -0.15) is 0 Å². The predicted molar refractivity (Wildman–Crippen MR) is 123 cm³/mol. The second-order valence-electron chi connectivity index (χ2n) is 8.27. The summed E-state index contributed by atoms with van der Waals surface area (Å²) in [5.74, 6) is -1.37. The van der Waals surface area contributed by atoms with Crippen LogP contribution in [0.2, 0.25) is 0 Å². The lowest BCUT2D eigenvalue weighted by atomic mass is 9.54. The molecule has 1 fully saturated rings. The molecule has 3 aromatic rings. The van der Waals surface area contributed by atoms with E-state index in [1.54, 1.807) is 0 Å². The first-order chi connectivity index (χ1) is 14.4. The van der Waals surface area contributed by atoms with Crippen molar-refractivity contribution >= 4 is 49.4 Å². The Morgan fingerprint density at radius 1 is 0.667 bits per heavy atom. The van der Waals surface area contributed by atoms with Crippen LogP contribution >= 0.6 is 31.9 Å². The standard InChI is InChI=1S/C25H17Br2NO2/c1-14-8-2-7-13-19(14)28-22(29)20-21(23(28)30)25(27)16-10-4-3-9-15(16)24(20,26)17-11-5-6-12-18(17)25/h2-13,20-21H,1H3/t20-,21-,24?,25?/m1/s1. The Balaban J connectivity index is 1.68. The van der Waals surface area contributed by atoms with Gasteiger partial charge in [0.15, 0.2) is 0 Å². The Kier molecular flexibility index (Phi) is 3.66. The van der Waals surface area contributed by atoms with E-state index in [1.165, 1.54) is 4.90 Å². The van der Waals surface area contributed by atoms with Crippen LogP contribution in [-0.2, 0) is 18.2 Å². The fraction of sp³-hybridized carbons (Fsp3) is 0.200. The average Bonchev–Trinajstić information content (AvgIpc) is 3.04. The molecule has 5 heteroatoms. The Morgan fingerprint density at radius 3 is 1.43 bits per heavy atom. The summed E-state index contributed by atoms with van der Waals surface area (Å²) in [4.78, 5) is 29.2. The van der Waals surface area contributed by atoms with Crippen molar-refractivity contribution in [2.45, 2.75) is 15.6 Å². The highest BCUT2D eigenvalue weighted by Crippen LogP contribution is 2.70. The number of benzene rings is 3. The maximum atomic E-state index is 13.9. The van der Waals surface area contributed by atoms with Gasteiger partial charge < -0.3 is 0 Å². The number of amides is 2. The number of imide groups is 1. The van der Waals surface area contributed by atoms with E-state index in [0.717, 1.165) is 27.8 Å². The van der Waals surface area contributed by atoms with E-state index in [4.69, 9.17) is 0 Å². The summed E-state index contributed by atoms with van der Waals surface area (Å²) < 4.78 is -1.49. The van der Waals surface area contributed by atoms with Gasteiger partial charge in [0.25, 0.3) is 0 Å². The molecule has 2 amide bonds. The van der Waals surface area contributed by atoms with Crippen LogP contribution in [0.15, 0.2) is 72.8 Å². The van der Waals surface area contributed by atoms with E-state index in [1.807, 2.05) is 55.5 Å². The number of aryl methyl sites for hydroxylation is 1. The molecule has 1 aliphatic heterocycles. The second-order valence-corrected chi connectivity index (χ2v) is 10.8. The average molecular weight is 523 g/mol. The van der Waals surface area contributed by atoms with E-state index < -0.39 is 20.5 Å². The van der Waals surface area contributed by atoms with Gasteiger partial charge in [0.1, 0.15) is 0 Å². The molecule has 2 atom stereocenters. The highest BCUT2D eigenvalue weighted by molar-refractivity contribution is 9.10. The molecule has 30 heavy (non-hydrogen) atoms. The fourth-order valence-electron chi connectivity index (χ4n) is 5.72. The zero-order chi connectivity index (χ0) is 20.8. The maximum Gasteiger partial charge on any atom is 0.239 e. The third kappa shape index (κ3) is 1.92. The minimum Gasteiger partial charge on any atom is -0.274 e. The third-order valence-electron chi connectivity index (χ3n) is 6.94. The molecule has 0 radical (unpaired) electrons. The van der Waals surface area contributed by atoms with Gasteiger partial charge in [0.2, 0.25) is 11.8 Å². The smallest absolute Gasteiger partial charge is 0.239 e.